The lowest BCUT2D eigenvalue weighted by atomic mass is 9.94. The maximum atomic E-state index is 12.7. The van der Waals surface area contributed by atoms with Crippen molar-refractivity contribution in [2.75, 3.05) is 30.7 Å². The van der Waals surface area contributed by atoms with Crippen molar-refractivity contribution in [3.63, 3.8) is 0 Å². The number of nitrogens with one attached hydrogen (secondary N) is 2. The summed E-state index contributed by atoms with van der Waals surface area (Å²) in [5.41, 5.74) is 3.21. The zero-order valence-electron chi connectivity index (χ0n) is 16.4. The van der Waals surface area contributed by atoms with Crippen molar-refractivity contribution in [1.29, 1.82) is 0 Å². The molecule has 0 spiro atoms. The lowest BCUT2D eigenvalue weighted by molar-refractivity contribution is -0.134. The van der Waals surface area contributed by atoms with Gasteiger partial charge in [-0.05, 0) is 43.9 Å². The number of nitrogens with zero attached hydrogens (tertiary/aromatic N) is 2. The Labute approximate surface area is 165 Å². The van der Waals surface area contributed by atoms with Crippen molar-refractivity contribution in [3.05, 3.63) is 41.2 Å². The van der Waals surface area contributed by atoms with Crippen LogP contribution in [-0.2, 0) is 14.8 Å². The zero-order valence-corrected chi connectivity index (χ0v) is 17.2. The molecular weight excluding hydrogens is 380 g/mol. The monoisotopic (exact) mass is 406 g/mol. The summed E-state index contributed by atoms with van der Waals surface area (Å²) in [6.07, 6.45) is 4.24. The van der Waals surface area contributed by atoms with E-state index >= 15 is 0 Å². The number of anilines is 1. The predicted octanol–water partition coefficient (Wildman–Crippen LogP) is 2.18. The van der Waals surface area contributed by atoms with Crippen LogP contribution in [0.15, 0.2) is 24.4 Å². The van der Waals surface area contributed by atoms with Gasteiger partial charge in [0.1, 0.15) is 5.75 Å². The van der Waals surface area contributed by atoms with Crippen LogP contribution in [0, 0.1) is 13.8 Å². The van der Waals surface area contributed by atoms with Gasteiger partial charge in [0.05, 0.1) is 23.8 Å². The van der Waals surface area contributed by atoms with E-state index in [-0.39, 0.29) is 18.4 Å². The number of amides is 1. The fourth-order valence-electron chi connectivity index (χ4n) is 3.42. The highest BCUT2D eigenvalue weighted by molar-refractivity contribution is 7.92. The van der Waals surface area contributed by atoms with E-state index in [9.17, 15) is 13.2 Å². The largest absolute Gasteiger partial charge is 0.483 e. The van der Waals surface area contributed by atoms with Gasteiger partial charge < -0.3 is 9.64 Å². The van der Waals surface area contributed by atoms with E-state index in [0.717, 1.165) is 36.0 Å². The standard InChI is InChI=1S/C19H26N4O4S/c1-13-6-7-14(2)17(9-13)27-12-18(24)23-8-4-5-15(11-23)19-16(10-20-21-19)22-28(3,25)26/h6-7,9-10,15,22H,4-5,8,11-12H2,1-3H3,(H,20,21). The van der Waals surface area contributed by atoms with Crippen LogP contribution in [0.3, 0.4) is 0 Å². The van der Waals surface area contributed by atoms with Gasteiger partial charge in [0, 0.05) is 19.0 Å². The second kappa shape index (κ2) is 8.22. The first-order valence-corrected chi connectivity index (χ1v) is 11.1. The number of carbonyl (C=O) groups is 1. The number of hydrogen-bond donors (Lipinski definition) is 2. The summed E-state index contributed by atoms with van der Waals surface area (Å²) in [4.78, 5) is 14.4. The van der Waals surface area contributed by atoms with Crippen LogP contribution in [-0.4, -0.2) is 55.4 Å². The third-order valence-electron chi connectivity index (χ3n) is 4.84. The van der Waals surface area contributed by atoms with E-state index in [1.54, 1.807) is 4.90 Å². The number of sulfonamides is 1. The first-order chi connectivity index (χ1) is 13.2. The number of H-pyrrole nitrogens is 1. The van der Waals surface area contributed by atoms with Crippen LogP contribution in [0.1, 0.15) is 35.6 Å². The Hall–Kier alpha value is -2.55. The maximum absolute atomic E-state index is 12.7. The molecule has 8 nitrogen and oxygen atoms in total. The molecule has 0 aliphatic carbocycles. The van der Waals surface area contributed by atoms with Crippen molar-refractivity contribution in [2.45, 2.75) is 32.6 Å². The predicted molar refractivity (Wildman–Crippen MR) is 107 cm³/mol. The molecule has 1 aromatic heterocycles. The Morgan fingerprint density at radius 1 is 1.39 bits per heavy atom. The average molecular weight is 407 g/mol. The van der Waals surface area contributed by atoms with Gasteiger partial charge in [0.25, 0.3) is 5.91 Å². The number of piperidine rings is 1. The number of carbonyl (C=O) groups excluding carboxylic acids is 1. The normalized spacial score (nSPS) is 17.4. The van der Waals surface area contributed by atoms with Crippen LogP contribution < -0.4 is 9.46 Å². The number of aromatic amines is 1. The summed E-state index contributed by atoms with van der Waals surface area (Å²) in [5, 5.41) is 6.85. The van der Waals surface area contributed by atoms with Crippen LogP contribution in [0.5, 0.6) is 5.75 Å². The minimum atomic E-state index is -3.40. The first kappa shape index (κ1) is 20.2. The van der Waals surface area contributed by atoms with Crippen molar-refractivity contribution < 1.29 is 17.9 Å². The quantitative estimate of drug-likeness (QED) is 0.765. The number of benzene rings is 1. The molecule has 152 valence electrons. The minimum absolute atomic E-state index is 0.00911. The molecule has 1 aliphatic rings. The topological polar surface area (TPSA) is 104 Å². The summed E-state index contributed by atoms with van der Waals surface area (Å²) in [5.74, 6) is 0.628. The number of aromatic nitrogens is 2. The molecule has 28 heavy (non-hydrogen) atoms. The second-order valence-electron chi connectivity index (χ2n) is 7.31. The number of likely N-dealkylation sites (tertiary alicyclic amines) is 1. The van der Waals surface area contributed by atoms with E-state index in [2.05, 4.69) is 14.9 Å². The Bertz CT molecular complexity index is 955. The highest BCUT2D eigenvalue weighted by Gasteiger charge is 2.28. The molecule has 1 aliphatic heterocycles. The molecular formula is C19H26N4O4S. The fourth-order valence-corrected chi connectivity index (χ4v) is 3.98. The number of aryl methyl sites for hydroxylation is 2. The van der Waals surface area contributed by atoms with E-state index in [4.69, 9.17) is 4.74 Å². The highest BCUT2D eigenvalue weighted by atomic mass is 32.2. The molecule has 1 unspecified atom stereocenters. The number of rotatable bonds is 6. The lowest BCUT2D eigenvalue weighted by Gasteiger charge is -2.32. The second-order valence-corrected chi connectivity index (χ2v) is 9.06. The minimum Gasteiger partial charge on any atom is -0.483 e. The summed E-state index contributed by atoms with van der Waals surface area (Å²) < 4.78 is 31.3. The Morgan fingerprint density at radius 3 is 2.93 bits per heavy atom. The molecule has 0 radical (unpaired) electrons. The van der Waals surface area contributed by atoms with Gasteiger partial charge in [-0.2, -0.15) is 5.10 Å². The molecule has 1 saturated heterocycles. The van der Waals surface area contributed by atoms with Crippen LogP contribution in [0.25, 0.3) is 0 Å². The highest BCUT2D eigenvalue weighted by Crippen LogP contribution is 2.30. The summed E-state index contributed by atoms with van der Waals surface area (Å²) >= 11 is 0. The molecule has 2 N–H and O–H groups in total. The molecule has 1 fully saturated rings. The van der Waals surface area contributed by atoms with Crippen LogP contribution >= 0.6 is 0 Å². The van der Waals surface area contributed by atoms with Gasteiger partial charge in [0.2, 0.25) is 10.0 Å². The van der Waals surface area contributed by atoms with Gasteiger partial charge in [-0.1, -0.05) is 12.1 Å². The molecule has 0 bridgehead atoms. The van der Waals surface area contributed by atoms with E-state index in [1.165, 1.54) is 6.20 Å². The molecule has 1 amide bonds. The molecule has 2 heterocycles. The Balaban J connectivity index is 1.64. The molecule has 1 atom stereocenters. The summed E-state index contributed by atoms with van der Waals surface area (Å²) in [6, 6.07) is 5.90. The summed E-state index contributed by atoms with van der Waals surface area (Å²) in [7, 11) is -3.40. The third kappa shape index (κ3) is 5.03. The fraction of sp³-hybridized carbons (Fsp3) is 0.474. The zero-order chi connectivity index (χ0) is 20.3. The van der Waals surface area contributed by atoms with Crippen LogP contribution in [0.4, 0.5) is 5.69 Å². The van der Waals surface area contributed by atoms with Gasteiger partial charge in [-0.15, -0.1) is 0 Å². The first-order valence-electron chi connectivity index (χ1n) is 9.22. The van der Waals surface area contributed by atoms with E-state index < -0.39 is 10.0 Å². The van der Waals surface area contributed by atoms with Crippen LogP contribution in [0.2, 0.25) is 0 Å². The van der Waals surface area contributed by atoms with E-state index in [1.807, 2.05) is 32.0 Å². The van der Waals surface area contributed by atoms with Crippen molar-refractivity contribution >= 4 is 21.6 Å². The number of ether oxygens (including phenoxy) is 1. The molecule has 0 saturated carbocycles. The molecule has 9 heteroatoms. The smallest absolute Gasteiger partial charge is 0.260 e. The molecule has 1 aromatic carbocycles. The van der Waals surface area contributed by atoms with Crippen molar-refractivity contribution in [2.24, 2.45) is 0 Å². The number of hydrogen-bond acceptors (Lipinski definition) is 5. The maximum Gasteiger partial charge on any atom is 0.260 e. The average Bonchev–Trinajstić information content (AvgIpc) is 3.08. The Morgan fingerprint density at radius 2 is 2.18 bits per heavy atom. The van der Waals surface area contributed by atoms with Crippen molar-refractivity contribution in [1.82, 2.24) is 15.1 Å². The van der Waals surface area contributed by atoms with Crippen molar-refractivity contribution in [3.8, 4) is 5.75 Å². The van der Waals surface area contributed by atoms with E-state index in [0.29, 0.717) is 24.5 Å². The SMILES string of the molecule is Cc1ccc(C)c(OCC(=O)N2CCCC(c3[nH]ncc3NS(C)(=O)=O)C2)c1. The molecule has 2 aromatic rings. The summed E-state index contributed by atoms with van der Waals surface area (Å²) in [6.45, 7) is 5.07. The van der Waals surface area contributed by atoms with Gasteiger partial charge in [0.15, 0.2) is 6.61 Å². The van der Waals surface area contributed by atoms with Gasteiger partial charge in [-0.3, -0.25) is 14.6 Å². The van der Waals surface area contributed by atoms with Gasteiger partial charge >= 0.3 is 0 Å². The Kier molecular flexibility index (Phi) is 5.93. The third-order valence-corrected chi connectivity index (χ3v) is 5.43. The van der Waals surface area contributed by atoms with Gasteiger partial charge in [-0.25, -0.2) is 8.42 Å². The molecule has 3 rings (SSSR count). The lowest BCUT2D eigenvalue weighted by Crippen LogP contribution is -2.41.